The largest absolute Gasteiger partial charge is 0.341 e. The Morgan fingerprint density at radius 3 is 1.62 bits per heavy atom. The van der Waals surface area contributed by atoms with Crippen molar-refractivity contribution in [1.29, 1.82) is 0 Å². The van der Waals surface area contributed by atoms with Crippen LogP contribution in [0.5, 0.6) is 0 Å². The number of fused-ring (bicyclic) bond motifs is 8. The molecular formula is C63H50N2. The molecule has 0 spiro atoms. The van der Waals surface area contributed by atoms with Crippen LogP contribution in [0.1, 0.15) is 48.9 Å². The average molecular weight is 835 g/mol. The molecule has 1 aliphatic carbocycles. The topological polar surface area (TPSA) is 6.48 Å². The zero-order chi connectivity index (χ0) is 43.2. The molecule has 0 atom stereocenters. The number of anilines is 4. The first kappa shape index (κ1) is 38.1. The molecule has 0 saturated heterocycles. The summed E-state index contributed by atoms with van der Waals surface area (Å²) in [6.07, 6.45) is 4.49. The van der Waals surface area contributed by atoms with Crippen LogP contribution in [0, 0.1) is 0 Å². The van der Waals surface area contributed by atoms with Gasteiger partial charge in [-0.15, -0.1) is 0 Å². The predicted molar refractivity (Wildman–Crippen MR) is 276 cm³/mol. The smallest absolute Gasteiger partial charge is 0.0443 e. The third-order valence-electron chi connectivity index (χ3n) is 15.1. The van der Waals surface area contributed by atoms with E-state index in [1.54, 1.807) is 0 Å². The summed E-state index contributed by atoms with van der Waals surface area (Å²) in [7, 11) is 0. The van der Waals surface area contributed by atoms with Crippen molar-refractivity contribution in [3.63, 3.8) is 0 Å². The van der Waals surface area contributed by atoms with E-state index < -0.39 is 0 Å². The Hall–Kier alpha value is -7.42. The number of hydrogen-bond donors (Lipinski definition) is 0. The zero-order valence-corrected chi connectivity index (χ0v) is 37.1. The van der Waals surface area contributed by atoms with Crippen LogP contribution in [-0.2, 0) is 18.3 Å². The van der Waals surface area contributed by atoms with E-state index in [1.807, 2.05) is 0 Å². The molecule has 2 heterocycles. The monoisotopic (exact) mass is 834 g/mol. The van der Waals surface area contributed by atoms with Gasteiger partial charge < -0.3 is 9.80 Å². The van der Waals surface area contributed by atoms with Crippen molar-refractivity contribution >= 4 is 55.1 Å². The van der Waals surface area contributed by atoms with Gasteiger partial charge in [-0.05, 0) is 173 Å². The molecule has 2 heteroatoms. The fraction of sp³-hybridized carbons (Fsp3) is 0.143. The predicted octanol–water partition coefficient (Wildman–Crippen LogP) is 16.6. The third-order valence-corrected chi connectivity index (χ3v) is 15.1. The minimum Gasteiger partial charge on any atom is -0.341 e. The summed E-state index contributed by atoms with van der Waals surface area (Å²) in [6.45, 7) is 6.76. The lowest BCUT2D eigenvalue weighted by atomic mass is 9.80. The van der Waals surface area contributed by atoms with Gasteiger partial charge >= 0.3 is 0 Å². The molecule has 0 saturated carbocycles. The quantitative estimate of drug-likeness (QED) is 0.159. The highest BCUT2D eigenvalue weighted by atomic mass is 15.1. The number of nitrogens with zero attached hydrogens (tertiary/aromatic N) is 2. The van der Waals surface area contributed by atoms with Crippen molar-refractivity contribution in [3.05, 3.63) is 216 Å². The Bertz CT molecular complexity index is 3560. The van der Waals surface area contributed by atoms with Crippen molar-refractivity contribution in [2.24, 2.45) is 0 Å². The summed E-state index contributed by atoms with van der Waals surface area (Å²) in [5.74, 6) is 0. The molecule has 2 nitrogen and oxygen atoms in total. The molecule has 2 aliphatic heterocycles. The molecule has 0 bridgehead atoms. The summed E-state index contributed by atoms with van der Waals surface area (Å²) in [4.78, 5) is 5.12. The van der Waals surface area contributed by atoms with Crippen LogP contribution in [0.15, 0.2) is 194 Å². The summed E-state index contributed by atoms with van der Waals surface area (Å²) in [5.41, 5.74) is 21.0. The molecule has 3 aliphatic rings. The first-order valence-electron chi connectivity index (χ1n) is 23.6. The normalized spacial score (nSPS) is 14.9. The second kappa shape index (κ2) is 14.8. The van der Waals surface area contributed by atoms with Crippen molar-refractivity contribution < 1.29 is 0 Å². The van der Waals surface area contributed by atoms with Crippen LogP contribution in [-0.4, -0.2) is 13.1 Å². The van der Waals surface area contributed by atoms with E-state index in [0.29, 0.717) is 0 Å². The molecule has 0 amide bonds. The highest BCUT2D eigenvalue weighted by molar-refractivity contribution is 6.24. The van der Waals surface area contributed by atoms with Gasteiger partial charge in [0.1, 0.15) is 0 Å². The minimum atomic E-state index is -0.0963. The van der Waals surface area contributed by atoms with Gasteiger partial charge in [0.25, 0.3) is 0 Å². The van der Waals surface area contributed by atoms with Crippen LogP contribution >= 0.6 is 0 Å². The van der Waals surface area contributed by atoms with Gasteiger partial charge in [-0.25, -0.2) is 0 Å². The Labute approximate surface area is 382 Å². The van der Waals surface area contributed by atoms with E-state index in [2.05, 4.69) is 218 Å². The van der Waals surface area contributed by atoms with E-state index in [1.165, 1.54) is 122 Å². The van der Waals surface area contributed by atoms with Gasteiger partial charge in [-0.1, -0.05) is 159 Å². The summed E-state index contributed by atoms with van der Waals surface area (Å²) in [5, 5.41) is 7.61. The average Bonchev–Trinajstić information content (AvgIpc) is 3.59. The number of aryl methyl sites for hydroxylation is 2. The van der Waals surface area contributed by atoms with Gasteiger partial charge in [0.15, 0.2) is 0 Å². The molecule has 312 valence electrons. The van der Waals surface area contributed by atoms with Gasteiger partial charge in [0, 0.05) is 41.3 Å². The summed E-state index contributed by atoms with van der Waals surface area (Å²) < 4.78 is 0. The molecule has 10 aromatic rings. The standard InChI is InChI=1S/C63H50N2/c1-63(2)57-24-10-9-22-50(57)51-32-29-45(38-58(51)63)49-21-7-8-23-52(49)62-54-34-31-47(64-35-13-19-42-16-5-11-25-59(42)64)39-55(54)61(46-28-27-41-15-3-4-18-44(41)37-46)53-33-30-48(40-56(53)62)65-36-14-20-43-17-6-12-26-60(43)65/h3-12,15-18,21-34,37-40H,13-14,19-20,35-36H2,1-2H3. The SMILES string of the molecule is CC1(C)c2ccccc2-c2ccc(-c3ccccc3-c3c4ccc(N5CCCc6ccccc65)cc4c(-c4ccc5ccccc5c4)c4ccc(N5CCCc6ccccc65)cc34)cc21. The number of rotatable bonds is 5. The zero-order valence-electron chi connectivity index (χ0n) is 37.1. The third kappa shape index (κ3) is 6.00. The molecule has 0 aromatic heterocycles. The molecule has 0 fully saturated rings. The van der Waals surface area contributed by atoms with Crippen molar-refractivity contribution in [1.82, 2.24) is 0 Å². The van der Waals surface area contributed by atoms with E-state index >= 15 is 0 Å². The Kier molecular flexibility index (Phi) is 8.68. The second-order valence-corrected chi connectivity index (χ2v) is 19.0. The highest BCUT2D eigenvalue weighted by Crippen LogP contribution is 2.52. The lowest BCUT2D eigenvalue weighted by Gasteiger charge is -2.32. The van der Waals surface area contributed by atoms with Gasteiger partial charge in [-0.3, -0.25) is 0 Å². The molecule has 0 radical (unpaired) electrons. The molecule has 65 heavy (non-hydrogen) atoms. The maximum atomic E-state index is 2.56. The van der Waals surface area contributed by atoms with E-state index in [-0.39, 0.29) is 5.41 Å². The van der Waals surface area contributed by atoms with E-state index in [9.17, 15) is 0 Å². The number of benzene rings is 10. The number of hydrogen-bond acceptors (Lipinski definition) is 2. The summed E-state index contributed by atoms with van der Waals surface area (Å²) in [6, 6.07) is 74.0. The fourth-order valence-corrected chi connectivity index (χ4v) is 11.9. The molecule has 0 N–H and O–H groups in total. The fourth-order valence-electron chi connectivity index (χ4n) is 11.9. The van der Waals surface area contributed by atoms with Gasteiger partial charge in [-0.2, -0.15) is 0 Å². The maximum Gasteiger partial charge on any atom is 0.0443 e. The van der Waals surface area contributed by atoms with Crippen LogP contribution in [0.4, 0.5) is 22.7 Å². The highest BCUT2D eigenvalue weighted by Gasteiger charge is 2.35. The summed E-state index contributed by atoms with van der Waals surface area (Å²) >= 11 is 0. The Morgan fingerprint density at radius 1 is 0.369 bits per heavy atom. The Morgan fingerprint density at radius 2 is 0.908 bits per heavy atom. The first-order valence-corrected chi connectivity index (χ1v) is 23.6. The van der Waals surface area contributed by atoms with E-state index in [4.69, 9.17) is 0 Å². The Balaban J connectivity index is 1.11. The van der Waals surface area contributed by atoms with Crippen molar-refractivity contribution in [2.75, 3.05) is 22.9 Å². The van der Waals surface area contributed by atoms with Gasteiger partial charge in [0.2, 0.25) is 0 Å². The maximum absolute atomic E-state index is 2.56. The van der Waals surface area contributed by atoms with Crippen molar-refractivity contribution in [2.45, 2.75) is 44.9 Å². The van der Waals surface area contributed by atoms with Crippen molar-refractivity contribution in [3.8, 4) is 44.5 Å². The van der Waals surface area contributed by atoms with Crippen LogP contribution in [0.25, 0.3) is 76.8 Å². The van der Waals surface area contributed by atoms with E-state index in [0.717, 1.165) is 38.8 Å². The molecule has 0 unspecified atom stereocenters. The number of para-hydroxylation sites is 2. The molecule has 10 aromatic carbocycles. The first-order chi connectivity index (χ1) is 32.0. The molecule has 13 rings (SSSR count). The van der Waals surface area contributed by atoms with Crippen LogP contribution in [0.2, 0.25) is 0 Å². The van der Waals surface area contributed by atoms with Crippen LogP contribution < -0.4 is 9.80 Å². The van der Waals surface area contributed by atoms with Gasteiger partial charge in [0.05, 0.1) is 0 Å². The second-order valence-electron chi connectivity index (χ2n) is 19.0. The molecular weight excluding hydrogens is 785 g/mol. The lowest BCUT2D eigenvalue weighted by Crippen LogP contribution is -2.24. The lowest BCUT2D eigenvalue weighted by molar-refractivity contribution is 0.660. The minimum absolute atomic E-state index is 0.0963. The van der Waals surface area contributed by atoms with Crippen LogP contribution in [0.3, 0.4) is 0 Å².